The van der Waals surface area contributed by atoms with Crippen LogP contribution in [0.3, 0.4) is 0 Å². The zero-order valence-electron chi connectivity index (χ0n) is 10.7. The summed E-state index contributed by atoms with van der Waals surface area (Å²) in [6.45, 7) is 4.27. The van der Waals surface area contributed by atoms with E-state index in [-0.39, 0.29) is 0 Å². The smallest absolute Gasteiger partial charge is 0.104 e. The topological polar surface area (TPSA) is 53.1 Å². The van der Waals surface area contributed by atoms with Crippen LogP contribution in [0.2, 0.25) is 0 Å². The molecule has 1 fully saturated rings. The lowest BCUT2D eigenvalue weighted by molar-refractivity contribution is 0.200. The zero-order chi connectivity index (χ0) is 12.0. The molecule has 1 saturated carbocycles. The molecule has 1 atom stereocenters. The second-order valence-corrected chi connectivity index (χ2v) is 5.28. The molecule has 0 radical (unpaired) electrons. The summed E-state index contributed by atoms with van der Waals surface area (Å²) >= 11 is 0. The normalized spacial score (nSPS) is 20.2. The molecular formula is C13H25N3. The fourth-order valence-electron chi connectivity index (χ4n) is 2.18. The van der Waals surface area contributed by atoms with E-state index >= 15 is 0 Å². The van der Waals surface area contributed by atoms with Gasteiger partial charge in [0.05, 0.1) is 6.07 Å². The highest BCUT2D eigenvalue weighted by Crippen LogP contribution is 2.26. The van der Waals surface area contributed by atoms with Crippen LogP contribution >= 0.6 is 0 Å². The number of rotatable bonds is 7. The summed E-state index contributed by atoms with van der Waals surface area (Å²) in [6.07, 6.45) is 6.80. The Morgan fingerprint density at radius 3 is 2.62 bits per heavy atom. The van der Waals surface area contributed by atoms with E-state index in [1.807, 2.05) is 6.92 Å². The van der Waals surface area contributed by atoms with E-state index in [4.69, 9.17) is 11.0 Å². The van der Waals surface area contributed by atoms with Crippen molar-refractivity contribution in [3.05, 3.63) is 0 Å². The first kappa shape index (κ1) is 13.5. The maximum Gasteiger partial charge on any atom is 0.104 e. The van der Waals surface area contributed by atoms with Gasteiger partial charge in [-0.1, -0.05) is 13.3 Å². The number of nitriles is 1. The standard InChI is InChI=1S/C13H25N3/c1-3-13(15,11-14)8-5-9-16(2)10-12-6-4-7-12/h12H,3-10,15H2,1-2H3. The van der Waals surface area contributed by atoms with Gasteiger partial charge in [-0.2, -0.15) is 5.26 Å². The molecule has 1 aliphatic rings. The molecule has 0 spiro atoms. The molecule has 0 aliphatic heterocycles. The Hall–Kier alpha value is -0.590. The fraction of sp³-hybridized carbons (Fsp3) is 0.923. The minimum absolute atomic E-state index is 0.600. The van der Waals surface area contributed by atoms with Gasteiger partial charge in [-0.05, 0) is 51.6 Å². The summed E-state index contributed by atoms with van der Waals surface area (Å²) in [6, 6.07) is 2.22. The molecule has 3 nitrogen and oxygen atoms in total. The predicted octanol–water partition coefficient (Wildman–Crippen LogP) is 2.13. The molecule has 0 heterocycles. The lowest BCUT2D eigenvalue weighted by Gasteiger charge is -2.30. The van der Waals surface area contributed by atoms with Crippen molar-refractivity contribution in [2.45, 2.75) is 51.0 Å². The molecule has 0 bridgehead atoms. The number of hydrogen-bond acceptors (Lipinski definition) is 3. The molecule has 0 aromatic heterocycles. The maximum absolute atomic E-state index is 8.95. The average Bonchev–Trinajstić information content (AvgIpc) is 2.23. The van der Waals surface area contributed by atoms with Gasteiger partial charge in [0, 0.05) is 6.54 Å². The second-order valence-electron chi connectivity index (χ2n) is 5.28. The largest absolute Gasteiger partial charge is 0.313 e. The van der Waals surface area contributed by atoms with Crippen molar-refractivity contribution in [1.82, 2.24) is 4.90 Å². The zero-order valence-corrected chi connectivity index (χ0v) is 10.7. The van der Waals surface area contributed by atoms with Crippen LogP contribution in [0.1, 0.15) is 45.4 Å². The molecule has 0 saturated heterocycles. The van der Waals surface area contributed by atoms with Crippen LogP contribution in [-0.2, 0) is 0 Å². The Kier molecular flexibility index (Phi) is 5.24. The molecule has 0 aromatic carbocycles. The van der Waals surface area contributed by atoms with Gasteiger partial charge in [0.15, 0.2) is 0 Å². The van der Waals surface area contributed by atoms with Gasteiger partial charge < -0.3 is 10.6 Å². The van der Waals surface area contributed by atoms with Crippen LogP contribution in [0.15, 0.2) is 0 Å². The van der Waals surface area contributed by atoms with Crippen molar-refractivity contribution in [1.29, 1.82) is 5.26 Å². The predicted molar refractivity (Wildman–Crippen MR) is 66.9 cm³/mol. The van der Waals surface area contributed by atoms with Crippen LogP contribution in [-0.4, -0.2) is 30.6 Å². The summed E-state index contributed by atoms with van der Waals surface area (Å²) in [5, 5.41) is 8.95. The van der Waals surface area contributed by atoms with Gasteiger partial charge >= 0.3 is 0 Å². The molecule has 1 unspecified atom stereocenters. The highest BCUT2D eigenvalue weighted by molar-refractivity contribution is 5.03. The number of nitrogens with zero attached hydrogens (tertiary/aromatic N) is 2. The number of hydrogen-bond donors (Lipinski definition) is 1. The molecule has 1 rings (SSSR count). The van der Waals surface area contributed by atoms with E-state index in [9.17, 15) is 0 Å². The van der Waals surface area contributed by atoms with E-state index in [0.717, 1.165) is 31.7 Å². The first-order valence-electron chi connectivity index (χ1n) is 6.48. The quantitative estimate of drug-likeness (QED) is 0.719. The van der Waals surface area contributed by atoms with Crippen LogP contribution in [0.4, 0.5) is 0 Å². The minimum atomic E-state index is -0.600. The first-order valence-corrected chi connectivity index (χ1v) is 6.48. The first-order chi connectivity index (χ1) is 7.59. The fourth-order valence-corrected chi connectivity index (χ4v) is 2.18. The van der Waals surface area contributed by atoms with Crippen LogP contribution in [0.25, 0.3) is 0 Å². The van der Waals surface area contributed by atoms with Gasteiger partial charge in [0.2, 0.25) is 0 Å². The van der Waals surface area contributed by atoms with Gasteiger partial charge in [-0.15, -0.1) is 0 Å². The summed E-state index contributed by atoms with van der Waals surface area (Å²) in [5.41, 5.74) is 5.34. The summed E-state index contributed by atoms with van der Waals surface area (Å²) < 4.78 is 0. The van der Waals surface area contributed by atoms with Gasteiger partial charge in [-0.25, -0.2) is 0 Å². The van der Waals surface area contributed by atoms with Gasteiger partial charge in [0.1, 0.15) is 5.54 Å². The third kappa shape index (κ3) is 4.11. The Balaban J connectivity index is 2.11. The van der Waals surface area contributed by atoms with Crippen molar-refractivity contribution in [3.63, 3.8) is 0 Å². The third-order valence-corrected chi connectivity index (χ3v) is 3.81. The Labute approximate surface area is 99.6 Å². The molecule has 3 heteroatoms. The van der Waals surface area contributed by atoms with E-state index in [1.165, 1.54) is 25.8 Å². The van der Waals surface area contributed by atoms with Crippen molar-refractivity contribution in [2.75, 3.05) is 20.1 Å². The highest BCUT2D eigenvalue weighted by atomic mass is 15.1. The molecule has 2 N–H and O–H groups in total. The number of nitrogens with two attached hydrogens (primary N) is 1. The summed E-state index contributed by atoms with van der Waals surface area (Å²) in [7, 11) is 2.18. The maximum atomic E-state index is 8.95. The Morgan fingerprint density at radius 1 is 1.50 bits per heavy atom. The lowest BCUT2D eigenvalue weighted by atomic mass is 9.85. The van der Waals surface area contributed by atoms with Crippen molar-refractivity contribution in [2.24, 2.45) is 11.7 Å². The van der Waals surface area contributed by atoms with Crippen LogP contribution in [0, 0.1) is 17.2 Å². The Bertz CT molecular complexity index is 242. The lowest BCUT2D eigenvalue weighted by Crippen LogP contribution is -2.38. The van der Waals surface area contributed by atoms with Crippen molar-refractivity contribution in [3.8, 4) is 6.07 Å². The van der Waals surface area contributed by atoms with E-state index in [2.05, 4.69) is 18.0 Å². The van der Waals surface area contributed by atoms with Crippen molar-refractivity contribution >= 4 is 0 Å². The average molecular weight is 223 g/mol. The summed E-state index contributed by atoms with van der Waals surface area (Å²) in [5.74, 6) is 0.926. The Morgan fingerprint density at radius 2 is 2.19 bits per heavy atom. The monoisotopic (exact) mass is 223 g/mol. The molecular weight excluding hydrogens is 198 g/mol. The highest BCUT2D eigenvalue weighted by Gasteiger charge is 2.22. The minimum Gasteiger partial charge on any atom is -0.313 e. The van der Waals surface area contributed by atoms with Crippen molar-refractivity contribution < 1.29 is 0 Å². The second kappa shape index (κ2) is 6.22. The van der Waals surface area contributed by atoms with Crippen LogP contribution < -0.4 is 5.73 Å². The molecule has 16 heavy (non-hydrogen) atoms. The van der Waals surface area contributed by atoms with E-state index < -0.39 is 5.54 Å². The molecule has 92 valence electrons. The van der Waals surface area contributed by atoms with E-state index in [0.29, 0.717) is 0 Å². The summed E-state index contributed by atoms with van der Waals surface area (Å²) in [4.78, 5) is 2.39. The molecule has 0 amide bonds. The SMILES string of the molecule is CCC(N)(C#N)CCCN(C)CC1CCC1. The van der Waals surface area contributed by atoms with Gasteiger partial charge in [-0.3, -0.25) is 0 Å². The third-order valence-electron chi connectivity index (χ3n) is 3.81. The molecule has 0 aromatic rings. The van der Waals surface area contributed by atoms with Crippen LogP contribution in [0.5, 0.6) is 0 Å². The molecule has 1 aliphatic carbocycles. The van der Waals surface area contributed by atoms with Gasteiger partial charge in [0.25, 0.3) is 0 Å². The van der Waals surface area contributed by atoms with E-state index in [1.54, 1.807) is 0 Å².